The Balaban J connectivity index is 1.33. The Kier molecular flexibility index (Phi) is 4.55. The van der Waals surface area contributed by atoms with Gasteiger partial charge < -0.3 is 19.3 Å². The monoisotopic (exact) mass is 374 g/mol. The second-order valence-electron chi connectivity index (χ2n) is 8.03. The molecular formula is C19H26N4O4. The molecule has 1 spiro atoms. The maximum Gasteiger partial charge on any atom is 0.276 e. The number of hydrogen-bond donors (Lipinski definition) is 1. The fourth-order valence-corrected chi connectivity index (χ4v) is 4.02. The molecule has 4 heterocycles. The van der Waals surface area contributed by atoms with E-state index in [2.05, 4.69) is 17.2 Å². The normalized spacial score (nSPS) is 23.7. The quantitative estimate of drug-likeness (QED) is 0.828. The minimum atomic E-state index is -0.756. The van der Waals surface area contributed by atoms with Gasteiger partial charge in [0.1, 0.15) is 12.1 Å². The third-order valence-electron chi connectivity index (χ3n) is 5.40. The Morgan fingerprint density at radius 1 is 1.41 bits per heavy atom. The van der Waals surface area contributed by atoms with Gasteiger partial charge in [-0.05, 0) is 18.9 Å². The molecular weight excluding hydrogens is 348 g/mol. The highest BCUT2D eigenvalue weighted by Crippen LogP contribution is 2.42. The van der Waals surface area contributed by atoms with Crippen LogP contribution in [0.1, 0.15) is 54.4 Å². The van der Waals surface area contributed by atoms with Crippen molar-refractivity contribution >= 4 is 5.91 Å². The van der Waals surface area contributed by atoms with E-state index in [0.29, 0.717) is 44.1 Å². The zero-order valence-corrected chi connectivity index (χ0v) is 15.8. The van der Waals surface area contributed by atoms with E-state index in [9.17, 15) is 9.90 Å². The van der Waals surface area contributed by atoms with Gasteiger partial charge in [0, 0.05) is 18.7 Å². The summed E-state index contributed by atoms with van der Waals surface area (Å²) in [5.41, 5.74) is 0.195. The molecule has 2 fully saturated rings. The number of aliphatic hydroxyl groups is 1. The number of unbranched alkanes of at least 4 members (excludes halogenated alkanes) is 1. The molecule has 1 unspecified atom stereocenters. The van der Waals surface area contributed by atoms with Crippen LogP contribution in [0.15, 0.2) is 23.0 Å². The summed E-state index contributed by atoms with van der Waals surface area (Å²) in [7, 11) is 0. The largest absolute Gasteiger partial charge is 0.387 e. The predicted molar refractivity (Wildman–Crippen MR) is 96.2 cm³/mol. The molecule has 0 saturated carbocycles. The van der Waals surface area contributed by atoms with Crippen molar-refractivity contribution in [3.63, 3.8) is 0 Å². The van der Waals surface area contributed by atoms with Crippen molar-refractivity contribution in [2.75, 3.05) is 19.7 Å². The van der Waals surface area contributed by atoms with Gasteiger partial charge in [-0.2, -0.15) is 5.10 Å². The Hall–Kier alpha value is -2.19. The summed E-state index contributed by atoms with van der Waals surface area (Å²) in [6, 6.07) is 1.66. The van der Waals surface area contributed by atoms with Crippen LogP contribution in [-0.4, -0.2) is 61.7 Å². The number of aryl methyl sites for hydroxylation is 1. The van der Waals surface area contributed by atoms with Gasteiger partial charge in [0.15, 0.2) is 11.5 Å². The number of carbonyl (C=O) groups is 1. The van der Waals surface area contributed by atoms with Crippen molar-refractivity contribution < 1.29 is 19.2 Å². The number of aromatic nitrogens is 3. The molecule has 2 aliphatic heterocycles. The molecule has 1 amide bonds. The molecule has 8 heteroatoms. The molecule has 146 valence electrons. The average molecular weight is 374 g/mol. The summed E-state index contributed by atoms with van der Waals surface area (Å²) in [5, 5.41) is 18.8. The summed E-state index contributed by atoms with van der Waals surface area (Å²) in [6.07, 6.45) is 7.04. The Bertz CT molecular complexity index is 823. The van der Waals surface area contributed by atoms with Crippen molar-refractivity contribution in [1.29, 1.82) is 0 Å². The van der Waals surface area contributed by atoms with Gasteiger partial charge in [0.2, 0.25) is 0 Å². The number of amides is 1. The van der Waals surface area contributed by atoms with Gasteiger partial charge in [-0.3, -0.25) is 9.48 Å². The lowest BCUT2D eigenvalue weighted by atomic mass is 9.82. The lowest BCUT2D eigenvalue weighted by Gasteiger charge is -2.47. The molecule has 1 atom stereocenters. The van der Waals surface area contributed by atoms with Gasteiger partial charge in [0.25, 0.3) is 5.91 Å². The first-order valence-electron chi connectivity index (χ1n) is 9.51. The molecule has 8 nitrogen and oxygen atoms in total. The fraction of sp³-hybridized carbons (Fsp3) is 0.632. The molecule has 0 aromatic carbocycles. The second-order valence-corrected chi connectivity index (χ2v) is 8.03. The average Bonchev–Trinajstić information content (AvgIpc) is 3.31. The Morgan fingerprint density at radius 3 is 2.93 bits per heavy atom. The fourth-order valence-electron chi connectivity index (χ4n) is 4.02. The van der Waals surface area contributed by atoms with Gasteiger partial charge in [-0.15, -0.1) is 0 Å². The summed E-state index contributed by atoms with van der Waals surface area (Å²) >= 11 is 0. The van der Waals surface area contributed by atoms with Crippen LogP contribution < -0.4 is 0 Å². The molecule has 4 rings (SSSR count). The number of nitrogens with zero attached hydrogens (tertiary/aromatic N) is 4. The third-order valence-corrected chi connectivity index (χ3v) is 5.40. The van der Waals surface area contributed by atoms with E-state index in [1.807, 2.05) is 13.1 Å². The van der Waals surface area contributed by atoms with Crippen molar-refractivity contribution in [2.24, 2.45) is 0 Å². The molecule has 1 N–H and O–H groups in total. The third kappa shape index (κ3) is 3.64. The Morgan fingerprint density at radius 2 is 2.22 bits per heavy atom. The van der Waals surface area contributed by atoms with Crippen molar-refractivity contribution in [3.05, 3.63) is 35.5 Å². The summed E-state index contributed by atoms with van der Waals surface area (Å²) < 4.78 is 12.9. The lowest BCUT2D eigenvalue weighted by Crippen LogP contribution is -2.63. The SMILES string of the molecule is CCCCC1(O)COC2(CN(C(=O)c3cc(Cn4cc(C)cn4)on3)C2)C1. The maximum absolute atomic E-state index is 12.6. The highest BCUT2D eigenvalue weighted by Gasteiger charge is 2.56. The van der Waals surface area contributed by atoms with Crippen LogP contribution >= 0.6 is 0 Å². The van der Waals surface area contributed by atoms with Gasteiger partial charge in [0.05, 0.1) is 31.5 Å². The van der Waals surface area contributed by atoms with Crippen molar-refractivity contribution in [1.82, 2.24) is 19.8 Å². The van der Waals surface area contributed by atoms with E-state index < -0.39 is 11.2 Å². The maximum atomic E-state index is 12.6. The first kappa shape index (κ1) is 18.2. The Labute approximate surface area is 158 Å². The smallest absolute Gasteiger partial charge is 0.276 e. The highest BCUT2D eigenvalue weighted by molar-refractivity contribution is 5.93. The molecule has 2 aromatic rings. The van der Waals surface area contributed by atoms with Crippen LogP contribution in [0.2, 0.25) is 0 Å². The van der Waals surface area contributed by atoms with Crippen molar-refractivity contribution in [3.8, 4) is 0 Å². The van der Waals surface area contributed by atoms with E-state index >= 15 is 0 Å². The minimum absolute atomic E-state index is 0.167. The van der Waals surface area contributed by atoms with Crippen LogP contribution in [0.5, 0.6) is 0 Å². The molecule has 0 bridgehead atoms. The van der Waals surface area contributed by atoms with Gasteiger partial charge >= 0.3 is 0 Å². The van der Waals surface area contributed by atoms with Gasteiger partial charge in [-0.1, -0.05) is 24.9 Å². The number of ether oxygens (including phenoxy) is 1. The summed E-state index contributed by atoms with van der Waals surface area (Å²) in [4.78, 5) is 14.3. The zero-order valence-electron chi connectivity index (χ0n) is 15.8. The van der Waals surface area contributed by atoms with E-state index in [1.165, 1.54) is 0 Å². The molecule has 2 saturated heterocycles. The zero-order chi connectivity index (χ0) is 19.1. The minimum Gasteiger partial charge on any atom is -0.387 e. The van der Waals surface area contributed by atoms with Crippen LogP contribution in [0.25, 0.3) is 0 Å². The first-order valence-corrected chi connectivity index (χ1v) is 9.51. The first-order chi connectivity index (χ1) is 12.9. The molecule has 0 radical (unpaired) electrons. The lowest BCUT2D eigenvalue weighted by molar-refractivity contribution is -0.0958. The molecule has 27 heavy (non-hydrogen) atoms. The summed E-state index contributed by atoms with van der Waals surface area (Å²) in [5.74, 6) is 0.419. The van der Waals surface area contributed by atoms with E-state index in [-0.39, 0.29) is 5.91 Å². The van der Waals surface area contributed by atoms with E-state index in [4.69, 9.17) is 9.26 Å². The van der Waals surface area contributed by atoms with Crippen LogP contribution in [0, 0.1) is 6.92 Å². The number of rotatable bonds is 6. The number of carbonyl (C=O) groups excluding carboxylic acids is 1. The van der Waals surface area contributed by atoms with Crippen molar-refractivity contribution in [2.45, 2.75) is 57.3 Å². The molecule has 2 aliphatic rings. The topological polar surface area (TPSA) is 93.6 Å². The highest BCUT2D eigenvalue weighted by atomic mass is 16.5. The van der Waals surface area contributed by atoms with Crippen LogP contribution in [0.3, 0.4) is 0 Å². The van der Waals surface area contributed by atoms with Crippen LogP contribution in [0.4, 0.5) is 0 Å². The number of hydrogen-bond acceptors (Lipinski definition) is 6. The standard InChI is InChI=1S/C19H26N4O4/c1-3-4-5-18(25)10-19(26-13-18)11-22(12-19)17(24)16-6-15(27-21-16)9-23-8-14(2)7-20-23/h6-8,25H,3-5,9-13H2,1-2H3. The van der Waals surface area contributed by atoms with Gasteiger partial charge in [-0.25, -0.2) is 0 Å². The number of likely N-dealkylation sites (tertiary alicyclic amines) is 1. The van der Waals surface area contributed by atoms with E-state index in [1.54, 1.807) is 21.8 Å². The molecule has 0 aliphatic carbocycles. The summed E-state index contributed by atoms with van der Waals surface area (Å²) in [6.45, 7) is 5.84. The molecule has 2 aromatic heterocycles. The predicted octanol–water partition coefficient (Wildman–Crippen LogP) is 1.76. The van der Waals surface area contributed by atoms with Crippen LogP contribution in [-0.2, 0) is 11.3 Å². The second kappa shape index (κ2) is 6.76. The van der Waals surface area contributed by atoms with E-state index in [0.717, 1.165) is 24.8 Å².